The molecule has 98 valence electrons. The van der Waals surface area contributed by atoms with Crippen molar-refractivity contribution >= 4 is 9.84 Å². The summed E-state index contributed by atoms with van der Waals surface area (Å²) in [6, 6.07) is 0.484. The quantitative estimate of drug-likeness (QED) is 0.637. The van der Waals surface area contributed by atoms with Crippen LogP contribution in [0.25, 0.3) is 0 Å². The summed E-state index contributed by atoms with van der Waals surface area (Å²) in [7, 11) is -0.883. The Hall–Kier alpha value is -0.0900. The molecule has 0 bridgehead atoms. The van der Waals surface area contributed by atoms with Crippen LogP contribution in [0.2, 0.25) is 0 Å². The van der Waals surface area contributed by atoms with E-state index >= 15 is 0 Å². The van der Waals surface area contributed by atoms with Gasteiger partial charge in [0, 0.05) is 6.04 Å². The fourth-order valence-electron chi connectivity index (χ4n) is 1.55. The molecule has 0 fully saturated rings. The maximum Gasteiger partial charge on any atom is 0.150 e. The lowest BCUT2D eigenvalue weighted by Gasteiger charge is -2.11. The van der Waals surface area contributed by atoms with Gasteiger partial charge in [0.25, 0.3) is 0 Å². The molecule has 0 aliphatic rings. The monoisotopic (exact) mass is 249 g/mol. The summed E-state index contributed by atoms with van der Waals surface area (Å²) in [6.45, 7) is 6.16. The fourth-order valence-corrected chi connectivity index (χ4v) is 3.46. The molecule has 0 radical (unpaired) electrons. The second-order valence-electron chi connectivity index (χ2n) is 4.81. The molecule has 0 spiro atoms. The minimum Gasteiger partial charge on any atom is -0.317 e. The molecule has 0 aromatic carbocycles. The first kappa shape index (κ1) is 15.9. The average molecular weight is 249 g/mol. The molecular weight excluding hydrogens is 222 g/mol. The van der Waals surface area contributed by atoms with Crippen LogP contribution in [0.4, 0.5) is 0 Å². The Morgan fingerprint density at radius 1 is 1.19 bits per heavy atom. The largest absolute Gasteiger partial charge is 0.317 e. The smallest absolute Gasteiger partial charge is 0.150 e. The maximum atomic E-state index is 11.7. The van der Waals surface area contributed by atoms with E-state index in [9.17, 15) is 8.42 Å². The maximum absolute atomic E-state index is 11.7. The summed E-state index contributed by atoms with van der Waals surface area (Å²) in [5, 5.41) is 3.15. The summed E-state index contributed by atoms with van der Waals surface area (Å²) < 4.78 is 23.4. The van der Waals surface area contributed by atoms with Gasteiger partial charge >= 0.3 is 0 Å². The van der Waals surface area contributed by atoms with Gasteiger partial charge in [0.1, 0.15) is 0 Å². The fraction of sp³-hybridized carbons (Fsp3) is 1.00. The molecule has 0 saturated carbocycles. The predicted molar refractivity (Wildman–Crippen MR) is 70.5 cm³/mol. The van der Waals surface area contributed by atoms with Gasteiger partial charge in [0.05, 0.1) is 11.5 Å². The predicted octanol–water partition coefficient (Wildman–Crippen LogP) is 2.23. The van der Waals surface area contributed by atoms with E-state index in [0.29, 0.717) is 23.5 Å². The van der Waals surface area contributed by atoms with E-state index in [1.54, 1.807) is 0 Å². The van der Waals surface area contributed by atoms with Crippen molar-refractivity contribution in [2.75, 3.05) is 18.6 Å². The molecule has 0 amide bonds. The molecule has 0 aromatic rings. The molecule has 0 aromatic heterocycles. The molecule has 0 aliphatic heterocycles. The van der Waals surface area contributed by atoms with E-state index in [-0.39, 0.29) is 0 Å². The summed E-state index contributed by atoms with van der Waals surface area (Å²) in [4.78, 5) is 0. The number of rotatable bonds is 9. The molecule has 4 heteroatoms. The van der Waals surface area contributed by atoms with Crippen LogP contribution in [-0.2, 0) is 9.84 Å². The topological polar surface area (TPSA) is 46.2 Å². The van der Waals surface area contributed by atoms with Gasteiger partial charge < -0.3 is 5.32 Å². The molecule has 0 heterocycles. The van der Waals surface area contributed by atoms with Crippen molar-refractivity contribution in [2.24, 2.45) is 5.92 Å². The molecule has 2 unspecified atom stereocenters. The lowest BCUT2D eigenvalue weighted by Crippen LogP contribution is -2.21. The molecular formula is C12H27NO2S. The number of nitrogens with one attached hydrogen (secondary N) is 1. The molecule has 1 N–H and O–H groups in total. The highest BCUT2D eigenvalue weighted by molar-refractivity contribution is 7.91. The lowest BCUT2D eigenvalue weighted by atomic mass is 10.1. The first-order valence-electron chi connectivity index (χ1n) is 6.29. The van der Waals surface area contributed by atoms with Crippen molar-refractivity contribution in [1.29, 1.82) is 0 Å². The van der Waals surface area contributed by atoms with E-state index in [2.05, 4.69) is 12.2 Å². The first-order chi connectivity index (χ1) is 7.41. The Bertz CT molecular complexity index is 262. The van der Waals surface area contributed by atoms with Gasteiger partial charge in [-0.1, -0.05) is 26.7 Å². The Morgan fingerprint density at radius 3 is 2.31 bits per heavy atom. The number of sulfone groups is 1. The third-order valence-corrected chi connectivity index (χ3v) is 5.06. The summed E-state index contributed by atoms with van der Waals surface area (Å²) in [5.74, 6) is 1.00. The van der Waals surface area contributed by atoms with Crippen molar-refractivity contribution in [1.82, 2.24) is 5.32 Å². The highest BCUT2D eigenvalue weighted by Gasteiger charge is 2.14. The Morgan fingerprint density at radius 2 is 1.81 bits per heavy atom. The van der Waals surface area contributed by atoms with E-state index in [1.165, 1.54) is 0 Å². The SMILES string of the molecule is CCC(C)CS(=O)(=O)CCCCC(C)NC. The molecule has 0 rings (SSSR count). The van der Waals surface area contributed by atoms with Crippen LogP contribution in [0, 0.1) is 5.92 Å². The highest BCUT2D eigenvalue weighted by Crippen LogP contribution is 2.09. The van der Waals surface area contributed by atoms with Gasteiger partial charge in [0.15, 0.2) is 9.84 Å². The Kier molecular flexibility index (Phi) is 8.02. The minimum atomic E-state index is -2.82. The third kappa shape index (κ3) is 8.11. The second kappa shape index (κ2) is 8.07. The van der Waals surface area contributed by atoms with E-state index in [0.717, 1.165) is 25.7 Å². The van der Waals surface area contributed by atoms with Crippen molar-refractivity contribution < 1.29 is 8.42 Å². The zero-order valence-electron chi connectivity index (χ0n) is 11.1. The normalized spacial score (nSPS) is 16.0. The van der Waals surface area contributed by atoms with Gasteiger partial charge in [-0.15, -0.1) is 0 Å². The standard InChI is InChI=1S/C12H27NO2S/c1-5-11(2)10-16(14,15)9-7-6-8-12(3)13-4/h11-13H,5-10H2,1-4H3. The average Bonchev–Trinajstić information content (AvgIpc) is 2.23. The summed E-state index contributed by atoms with van der Waals surface area (Å²) in [5.41, 5.74) is 0. The van der Waals surface area contributed by atoms with Crippen LogP contribution in [0.1, 0.15) is 46.5 Å². The first-order valence-corrected chi connectivity index (χ1v) is 8.11. The molecule has 3 nitrogen and oxygen atoms in total. The van der Waals surface area contributed by atoms with Crippen LogP contribution < -0.4 is 5.32 Å². The minimum absolute atomic E-state index is 0.293. The zero-order valence-corrected chi connectivity index (χ0v) is 11.9. The summed E-state index contributed by atoms with van der Waals surface area (Å²) >= 11 is 0. The van der Waals surface area contributed by atoms with Crippen LogP contribution in [0.3, 0.4) is 0 Å². The second-order valence-corrected chi connectivity index (χ2v) is 7.04. The Labute approximate surface area is 101 Å². The zero-order chi connectivity index (χ0) is 12.6. The van der Waals surface area contributed by atoms with Gasteiger partial charge in [-0.05, 0) is 32.7 Å². The number of hydrogen-bond acceptors (Lipinski definition) is 3. The van der Waals surface area contributed by atoms with E-state index < -0.39 is 9.84 Å². The lowest BCUT2D eigenvalue weighted by molar-refractivity contribution is 0.530. The molecule has 2 atom stereocenters. The van der Waals surface area contributed by atoms with Crippen molar-refractivity contribution in [3.8, 4) is 0 Å². The number of hydrogen-bond donors (Lipinski definition) is 1. The van der Waals surface area contributed by atoms with Crippen LogP contribution in [0.5, 0.6) is 0 Å². The summed E-state index contributed by atoms with van der Waals surface area (Å²) in [6.07, 6.45) is 3.78. The Balaban J connectivity index is 3.75. The van der Waals surface area contributed by atoms with Crippen molar-refractivity contribution in [3.63, 3.8) is 0 Å². The van der Waals surface area contributed by atoms with E-state index in [4.69, 9.17) is 0 Å². The van der Waals surface area contributed by atoms with Crippen molar-refractivity contribution in [2.45, 2.75) is 52.5 Å². The van der Waals surface area contributed by atoms with Crippen LogP contribution in [0.15, 0.2) is 0 Å². The molecule has 0 aliphatic carbocycles. The van der Waals surface area contributed by atoms with Crippen molar-refractivity contribution in [3.05, 3.63) is 0 Å². The van der Waals surface area contributed by atoms with E-state index in [1.807, 2.05) is 20.9 Å². The molecule has 16 heavy (non-hydrogen) atoms. The van der Waals surface area contributed by atoms with Gasteiger partial charge in [-0.3, -0.25) is 0 Å². The van der Waals surface area contributed by atoms with Crippen LogP contribution >= 0.6 is 0 Å². The third-order valence-electron chi connectivity index (χ3n) is 3.07. The number of unbranched alkanes of at least 4 members (excludes halogenated alkanes) is 1. The van der Waals surface area contributed by atoms with Gasteiger partial charge in [-0.25, -0.2) is 8.42 Å². The molecule has 0 saturated heterocycles. The van der Waals surface area contributed by atoms with Crippen LogP contribution in [-0.4, -0.2) is 33.0 Å². The van der Waals surface area contributed by atoms with Gasteiger partial charge in [-0.2, -0.15) is 0 Å². The highest BCUT2D eigenvalue weighted by atomic mass is 32.2. The van der Waals surface area contributed by atoms with Gasteiger partial charge in [0.2, 0.25) is 0 Å².